The van der Waals surface area contributed by atoms with Gasteiger partial charge in [-0.3, -0.25) is 0 Å². The number of halogens is 1. The molecule has 6 nitrogen and oxygen atoms in total. The first-order valence-electron chi connectivity index (χ1n) is 8.87. The normalized spacial score (nSPS) is 15.8. The van der Waals surface area contributed by atoms with Gasteiger partial charge in [0.2, 0.25) is 5.95 Å². The molecule has 138 valence electrons. The number of rotatable bonds is 4. The highest BCUT2D eigenvalue weighted by Crippen LogP contribution is 2.22. The number of carbonyl (C=O) groups is 1. The summed E-state index contributed by atoms with van der Waals surface area (Å²) in [5.41, 5.74) is 0.908. The van der Waals surface area contributed by atoms with Crippen molar-refractivity contribution in [3.8, 4) is 0 Å². The second-order valence-corrected chi connectivity index (χ2v) is 6.75. The third kappa shape index (κ3) is 4.28. The standard InChI is InChI=1S/C19H24FN5O/c1-14(2)17(15-4-6-16(20)7-5-15)23-19(26)25-12-10-24(11-13-25)18-21-8-3-9-22-18/h3-9,14,17H,10-13H2,1-2H3,(H,23,26)/t17-/m1/s1. The average molecular weight is 357 g/mol. The molecular weight excluding hydrogens is 333 g/mol. The molecule has 1 atom stereocenters. The molecule has 7 heteroatoms. The van der Waals surface area contributed by atoms with Crippen LogP contribution in [0.5, 0.6) is 0 Å². The number of hydrogen-bond donors (Lipinski definition) is 1. The lowest BCUT2D eigenvalue weighted by atomic mass is 9.96. The van der Waals surface area contributed by atoms with Crippen molar-refractivity contribution in [3.05, 3.63) is 54.1 Å². The molecule has 1 aromatic heterocycles. The number of nitrogens with zero attached hydrogens (tertiary/aromatic N) is 4. The molecule has 1 N–H and O–H groups in total. The van der Waals surface area contributed by atoms with Gasteiger partial charge in [-0.2, -0.15) is 0 Å². The van der Waals surface area contributed by atoms with E-state index in [-0.39, 0.29) is 23.8 Å². The predicted molar refractivity (Wildman–Crippen MR) is 98.3 cm³/mol. The van der Waals surface area contributed by atoms with E-state index < -0.39 is 0 Å². The third-order valence-corrected chi connectivity index (χ3v) is 4.58. The molecule has 1 fully saturated rings. The van der Waals surface area contributed by atoms with Crippen molar-refractivity contribution in [1.82, 2.24) is 20.2 Å². The quantitative estimate of drug-likeness (QED) is 0.914. The lowest BCUT2D eigenvalue weighted by Crippen LogP contribution is -2.53. The predicted octanol–water partition coefficient (Wildman–Crippen LogP) is 2.84. The third-order valence-electron chi connectivity index (χ3n) is 4.58. The molecule has 2 heterocycles. The molecule has 0 spiro atoms. The van der Waals surface area contributed by atoms with Crippen LogP contribution in [0.15, 0.2) is 42.7 Å². The molecule has 1 aromatic carbocycles. The van der Waals surface area contributed by atoms with Crippen LogP contribution < -0.4 is 10.2 Å². The maximum absolute atomic E-state index is 13.2. The highest BCUT2D eigenvalue weighted by Gasteiger charge is 2.25. The topological polar surface area (TPSA) is 61.4 Å². The Hall–Kier alpha value is -2.70. The Morgan fingerprint density at radius 3 is 2.27 bits per heavy atom. The fourth-order valence-corrected chi connectivity index (χ4v) is 3.09. The molecule has 2 amide bonds. The average Bonchev–Trinajstić information content (AvgIpc) is 2.67. The van der Waals surface area contributed by atoms with Crippen LogP contribution in [-0.2, 0) is 0 Å². The van der Waals surface area contributed by atoms with E-state index in [4.69, 9.17) is 0 Å². The van der Waals surface area contributed by atoms with Gasteiger partial charge in [0.05, 0.1) is 6.04 Å². The lowest BCUT2D eigenvalue weighted by Gasteiger charge is -2.36. The highest BCUT2D eigenvalue weighted by atomic mass is 19.1. The Morgan fingerprint density at radius 2 is 1.69 bits per heavy atom. The summed E-state index contributed by atoms with van der Waals surface area (Å²) in [6.45, 7) is 6.69. The SMILES string of the molecule is CC(C)[C@@H](NC(=O)N1CCN(c2ncccn2)CC1)c1ccc(F)cc1. The fourth-order valence-electron chi connectivity index (χ4n) is 3.09. The molecule has 2 aromatic rings. The minimum Gasteiger partial charge on any atom is -0.337 e. The van der Waals surface area contributed by atoms with E-state index in [2.05, 4.69) is 20.2 Å². The van der Waals surface area contributed by atoms with Gasteiger partial charge in [-0.25, -0.2) is 19.2 Å². The van der Waals surface area contributed by atoms with E-state index in [0.29, 0.717) is 32.1 Å². The van der Waals surface area contributed by atoms with Crippen molar-refractivity contribution in [2.45, 2.75) is 19.9 Å². The van der Waals surface area contributed by atoms with E-state index in [0.717, 1.165) is 5.56 Å². The van der Waals surface area contributed by atoms with Gasteiger partial charge < -0.3 is 15.1 Å². The maximum atomic E-state index is 13.2. The van der Waals surface area contributed by atoms with Crippen molar-refractivity contribution < 1.29 is 9.18 Å². The maximum Gasteiger partial charge on any atom is 0.318 e. The Labute approximate surface area is 153 Å². The van der Waals surface area contributed by atoms with E-state index in [9.17, 15) is 9.18 Å². The molecule has 1 aliphatic rings. The van der Waals surface area contributed by atoms with Crippen molar-refractivity contribution >= 4 is 12.0 Å². The van der Waals surface area contributed by atoms with Crippen LogP contribution in [0.4, 0.5) is 15.1 Å². The van der Waals surface area contributed by atoms with Gasteiger partial charge in [0.25, 0.3) is 0 Å². The van der Waals surface area contributed by atoms with Gasteiger partial charge >= 0.3 is 6.03 Å². The monoisotopic (exact) mass is 357 g/mol. The van der Waals surface area contributed by atoms with Gasteiger partial charge in [0.15, 0.2) is 0 Å². The first kappa shape index (κ1) is 18.1. The first-order valence-corrected chi connectivity index (χ1v) is 8.87. The molecule has 0 saturated carbocycles. The van der Waals surface area contributed by atoms with Crippen LogP contribution in [0, 0.1) is 11.7 Å². The van der Waals surface area contributed by atoms with Gasteiger partial charge in [0, 0.05) is 38.6 Å². The largest absolute Gasteiger partial charge is 0.337 e. The molecule has 1 aliphatic heterocycles. The summed E-state index contributed by atoms with van der Waals surface area (Å²) in [7, 11) is 0. The van der Waals surface area contributed by atoms with Crippen LogP contribution in [0.3, 0.4) is 0 Å². The summed E-state index contributed by atoms with van der Waals surface area (Å²) in [6, 6.07) is 7.84. The zero-order valence-electron chi connectivity index (χ0n) is 15.1. The Bertz CT molecular complexity index is 714. The minimum atomic E-state index is -0.276. The van der Waals surface area contributed by atoms with Gasteiger partial charge in [0.1, 0.15) is 5.82 Å². The highest BCUT2D eigenvalue weighted by molar-refractivity contribution is 5.75. The smallest absolute Gasteiger partial charge is 0.318 e. The molecule has 0 unspecified atom stereocenters. The number of anilines is 1. The van der Waals surface area contributed by atoms with E-state index in [1.54, 1.807) is 35.5 Å². The Kier molecular flexibility index (Phi) is 5.65. The summed E-state index contributed by atoms with van der Waals surface area (Å²) in [5, 5.41) is 3.09. The van der Waals surface area contributed by atoms with Crippen LogP contribution in [0.2, 0.25) is 0 Å². The van der Waals surface area contributed by atoms with Crippen LogP contribution in [0.1, 0.15) is 25.5 Å². The van der Waals surface area contributed by atoms with E-state index in [1.807, 2.05) is 13.8 Å². The number of carbonyl (C=O) groups excluding carboxylic acids is 1. The summed E-state index contributed by atoms with van der Waals surface area (Å²) < 4.78 is 13.2. The van der Waals surface area contributed by atoms with Crippen LogP contribution in [0.25, 0.3) is 0 Å². The molecule has 3 rings (SSSR count). The van der Waals surface area contributed by atoms with Gasteiger partial charge in [-0.1, -0.05) is 26.0 Å². The minimum absolute atomic E-state index is 0.0957. The lowest BCUT2D eigenvalue weighted by molar-refractivity contribution is 0.186. The number of urea groups is 1. The van der Waals surface area contributed by atoms with Crippen molar-refractivity contribution in [1.29, 1.82) is 0 Å². The van der Waals surface area contributed by atoms with Crippen molar-refractivity contribution in [2.24, 2.45) is 5.92 Å². The van der Waals surface area contributed by atoms with Crippen LogP contribution >= 0.6 is 0 Å². The molecular formula is C19H24FN5O. The zero-order chi connectivity index (χ0) is 18.5. The second kappa shape index (κ2) is 8.12. The number of amides is 2. The fraction of sp³-hybridized carbons (Fsp3) is 0.421. The molecule has 0 bridgehead atoms. The van der Waals surface area contributed by atoms with Gasteiger partial charge in [-0.05, 0) is 29.7 Å². The van der Waals surface area contributed by atoms with Crippen LogP contribution in [-0.4, -0.2) is 47.1 Å². The zero-order valence-corrected chi connectivity index (χ0v) is 15.1. The Morgan fingerprint density at radius 1 is 1.08 bits per heavy atom. The number of benzene rings is 1. The van der Waals surface area contributed by atoms with E-state index in [1.165, 1.54) is 12.1 Å². The summed E-state index contributed by atoms with van der Waals surface area (Å²) in [4.78, 5) is 25.1. The molecule has 1 saturated heterocycles. The number of nitrogens with one attached hydrogen (secondary N) is 1. The number of hydrogen-bond acceptors (Lipinski definition) is 4. The summed E-state index contributed by atoms with van der Waals surface area (Å²) in [5.74, 6) is 0.615. The number of aromatic nitrogens is 2. The summed E-state index contributed by atoms with van der Waals surface area (Å²) in [6.07, 6.45) is 3.44. The van der Waals surface area contributed by atoms with E-state index >= 15 is 0 Å². The van der Waals surface area contributed by atoms with Gasteiger partial charge in [-0.15, -0.1) is 0 Å². The second-order valence-electron chi connectivity index (χ2n) is 6.75. The summed E-state index contributed by atoms with van der Waals surface area (Å²) >= 11 is 0. The molecule has 0 radical (unpaired) electrons. The molecule has 26 heavy (non-hydrogen) atoms. The molecule has 0 aliphatic carbocycles. The van der Waals surface area contributed by atoms with Crippen molar-refractivity contribution in [3.63, 3.8) is 0 Å². The van der Waals surface area contributed by atoms with Crippen molar-refractivity contribution in [2.75, 3.05) is 31.1 Å². The number of piperazine rings is 1. The first-order chi connectivity index (χ1) is 12.5. The Balaban J connectivity index is 1.59.